The number of fused-ring (bicyclic) bond motifs is 1. The van der Waals surface area contributed by atoms with Crippen molar-refractivity contribution in [2.45, 2.75) is 92.8 Å². The summed E-state index contributed by atoms with van der Waals surface area (Å²) in [5, 5.41) is 11.9. The zero-order valence-corrected chi connectivity index (χ0v) is 42.3. The van der Waals surface area contributed by atoms with E-state index in [1.807, 2.05) is 123 Å². The van der Waals surface area contributed by atoms with E-state index in [0.717, 1.165) is 66.9 Å². The van der Waals surface area contributed by atoms with Gasteiger partial charge in [0.05, 0.1) is 22.3 Å². The molecule has 2 aromatic heterocycles. The summed E-state index contributed by atoms with van der Waals surface area (Å²) >= 11 is 0. The van der Waals surface area contributed by atoms with Crippen molar-refractivity contribution in [1.82, 2.24) is 14.5 Å². The molecule has 4 nitrogen and oxygen atoms in total. The third-order valence-corrected chi connectivity index (χ3v) is 12.7. The van der Waals surface area contributed by atoms with Crippen LogP contribution in [0.4, 0.5) is 0 Å². The Morgan fingerprint density at radius 3 is 1.93 bits per heavy atom. The number of imidazole rings is 1. The van der Waals surface area contributed by atoms with Crippen LogP contribution in [0.1, 0.15) is 100 Å². The molecule has 0 aliphatic rings. The second-order valence-electron chi connectivity index (χ2n) is 20.0. The van der Waals surface area contributed by atoms with E-state index < -0.39 is 12.7 Å². The summed E-state index contributed by atoms with van der Waals surface area (Å²) in [4.78, 5) is 10.3. The first kappa shape index (κ1) is 42.0. The van der Waals surface area contributed by atoms with Crippen molar-refractivity contribution in [3.05, 3.63) is 191 Å². The van der Waals surface area contributed by atoms with Gasteiger partial charge in [0.15, 0.2) is 0 Å². The average Bonchev–Trinajstić information content (AvgIpc) is 3.71. The van der Waals surface area contributed by atoms with E-state index in [1.54, 1.807) is 0 Å². The fourth-order valence-electron chi connectivity index (χ4n) is 8.85. The number of pyridine rings is 1. The number of benzene rings is 7. The molecule has 0 saturated heterocycles. The zero-order valence-electron chi connectivity index (χ0n) is 44.0. The number of hydrogen-bond donors (Lipinski definition) is 1. The first-order valence-electron chi connectivity index (χ1n) is 24.8. The van der Waals surface area contributed by atoms with Crippen molar-refractivity contribution in [1.29, 1.82) is 0 Å². The maximum absolute atomic E-state index is 11.9. The predicted molar refractivity (Wildman–Crippen MR) is 278 cm³/mol. The Bertz CT molecular complexity index is 3410. The van der Waals surface area contributed by atoms with Crippen LogP contribution in [-0.4, -0.2) is 19.6 Å². The molecule has 0 bridgehead atoms. The van der Waals surface area contributed by atoms with Crippen molar-refractivity contribution in [3.8, 4) is 78.6 Å². The van der Waals surface area contributed by atoms with E-state index in [2.05, 4.69) is 108 Å². The predicted octanol–water partition coefficient (Wildman–Crippen LogP) is 16.6. The van der Waals surface area contributed by atoms with E-state index in [-0.39, 0.29) is 43.2 Å². The van der Waals surface area contributed by atoms with E-state index in [9.17, 15) is 5.11 Å². The topological polar surface area (TPSA) is 50.9 Å². The van der Waals surface area contributed by atoms with Gasteiger partial charge in [0.1, 0.15) is 11.6 Å². The summed E-state index contributed by atoms with van der Waals surface area (Å²) in [6.45, 7) is 18.3. The second kappa shape index (κ2) is 18.4. The Hall–Kier alpha value is -6.35. The Morgan fingerprint density at radius 2 is 1.25 bits per heavy atom. The molecule has 0 atom stereocenters. The van der Waals surface area contributed by atoms with Crippen molar-refractivity contribution in [2.75, 3.05) is 0 Å². The molecular weight excluding hydrogens is 998 g/mol. The Morgan fingerprint density at radius 1 is 0.612 bits per heavy atom. The normalized spacial score (nSPS) is 13.1. The molecule has 0 radical (unpaired) electrons. The van der Waals surface area contributed by atoms with Crippen molar-refractivity contribution in [3.63, 3.8) is 0 Å². The van der Waals surface area contributed by atoms with Gasteiger partial charge in [-0.25, -0.2) is 4.98 Å². The molecule has 340 valence electrons. The standard InChI is InChI=1S/C62H60N3O.Pt/c1-38(2)42-20-22-44(23-21-42)46-26-27-63-55(36-46)50-32-47(43-16-13-12-14-17-43)31-49(33-50)53-18-15-19-57-58(53)64-60(54-29-39(3)28-41(5)59(54)66)65(57)56-25-24-45(30-40(56)4)48-34-51(61(6,7)8)37-52(35-48)62(9,10)11;/h12-32,34-38,66H,1-11H3;/q-1;/i4D3,38D;. The third kappa shape index (κ3) is 9.47. The molecule has 0 aliphatic heterocycles. The number of rotatable bonds is 8. The number of aromatic hydroxyl groups is 1. The molecule has 2 heterocycles. The molecule has 0 spiro atoms. The second-order valence-corrected chi connectivity index (χ2v) is 20.0. The van der Waals surface area contributed by atoms with E-state index in [0.29, 0.717) is 33.7 Å². The smallest absolute Gasteiger partial charge is 0.148 e. The van der Waals surface area contributed by atoms with Gasteiger partial charge in [0.25, 0.3) is 0 Å². The van der Waals surface area contributed by atoms with Gasteiger partial charge < -0.3 is 5.11 Å². The van der Waals surface area contributed by atoms with Crippen LogP contribution in [0.3, 0.4) is 0 Å². The summed E-state index contributed by atoms with van der Waals surface area (Å²) < 4.78 is 37.6. The molecule has 7 aromatic carbocycles. The summed E-state index contributed by atoms with van der Waals surface area (Å²) in [5.74, 6) is -0.209. The summed E-state index contributed by atoms with van der Waals surface area (Å²) in [6.07, 6.45) is 1.82. The number of aromatic nitrogens is 3. The largest absolute Gasteiger partial charge is 0.507 e. The first-order valence-corrected chi connectivity index (χ1v) is 22.8. The molecule has 67 heavy (non-hydrogen) atoms. The number of para-hydroxylation sites is 1. The van der Waals surface area contributed by atoms with Gasteiger partial charge in [-0.2, -0.15) is 0 Å². The maximum Gasteiger partial charge on any atom is 0.148 e. The SMILES string of the molecule is [2H]C([2H])([2H])c1cc(-c2cc(C(C)(C)C)cc(C(C)(C)C)c2)ccc1-n1c(-c2cc(C)cc(C)c2O)nc2c(-c3[c-]c(-c4cc(-c5ccc(C([2H])(C)C)cc5)ccn4)cc(-c4ccccc4)c3)cccc21.[Pt]. The Balaban J connectivity index is 0.00000676. The van der Waals surface area contributed by atoms with E-state index in [1.165, 1.54) is 11.1 Å². The van der Waals surface area contributed by atoms with E-state index >= 15 is 0 Å². The minimum absolute atomic E-state index is 0. The molecule has 0 unspecified atom stereocenters. The number of hydrogen-bond acceptors (Lipinski definition) is 3. The van der Waals surface area contributed by atoms with Gasteiger partial charge in [-0.1, -0.05) is 175 Å². The molecular formula is C62H60N3OPt-. The molecule has 0 fully saturated rings. The molecule has 9 aromatic rings. The van der Waals surface area contributed by atoms with E-state index in [4.69, 9.17) is 15.5 Å². The van der Waals surface area contributed by atoms with Crippen LogP contribution in [0, 0.1) is 26.8 Å². The molecule has 9 rings (SSSR count). The molecule has 0 amide bonds. The van der Waals surface area contributed by atoms with Gasteiger partial charge in [-0.3, -0.25) is 9.55 Å². The maximum atomic E-state index is 11.9. The number of phenolic OH excluding ortho intramolecular Hbond substituents is 1. The van der Waals surface area contributed by atoms with Crippen molar-refractivity contribution >= 4 is 11.0 Å². The van der Waals surface area contributed by atoms with Crippen LogP contribution in [0.25, 0.3) is 83.9 Å². The molecule has 0 aliphatic carbocycles. The third-order valence-electron chi connectivity index (χ3n) is 12.7. The minimum atomic E-state index is -2.52. The average molecular weight is 1060 g/mol. The number of nitrogens with zero attached hydrogens (tertiary/aromatic N) is 3. The van der Waals surface area contributed by atoms with Crippen molar-refractivity contribution < 1.29 is 31.7 Å². The van der Waals surface area contributed by atoms with Gasteiger partial charge in [-0.15, -0.1) is 23.8 Å². The fraction of sp³-hybridized carbons (Fsp3) is 0.226. The first-order chi connectivity index (χ1) is 32.9. The molecule has 0 saturated carbocycles. The van der Waals surface area contributed by atoms with Crippen LogP contribution in [0.2, 0.25) is 0 Å². The monoisotopic (exact) mass is 1060 g/mol. The molecule has 5 heteroatoms. The van der Waals surface area contributed by atoms with Crippen LogP contribution in [-0.2, 0) is 31.9 Å². The summed E-state index contributed by atoms with van der Waals surface area (Å²) in [5.41, 5.74) is 15.9. The van der Waals surface area contributed by atoms with Crippen LogP contribution < -0.4 is 0 Å². The summed E-state index contributed by atoms with van der Waals surface area (Å²) in [7, 11) is 0. The quantitative estimate of drug-likeness (QED) is 0.154. The molecule has 1 N–H and O–H groups in total. The Labute approximate surface area is 417 Å². The zero-order chi connectivity index (χ0) is 50.1. The number of phenols is 1. The van der Waals surface area contributed by atoms with Crippen molar-refractivity contribution in [2.24, 2.45) is 0 Å². The van der Waals surface area contributed by atoms with Gasteiger partial charge in [0, 0.05) is 38.4 Å². The number of aryl methyl sites for hydroxylation is 3. The fourth-order valence-corrected chi connectivity index (χ4v) is 8.85. The van der Waals surface area contributed by atoms with Crippen LogP contribution >= 0.6 is 0 Å². The van der Waals surface area contributed by atoms with Gasteiger partial charge in [0.2, 0.25) is 0 Å². The Kier molecular flexibility index (Phi) is 11.5. The van der Waals surface area contributed by atoms with Gasteiger partial charge >= 0.3 is 0 Å². The van der Waals surface area contributed by atoms with Gasteiger partial charge in [-0.05, 0) is 129 Å². The summed E-state index contributed by atoms with van der Waals surface area (Å²) in [6, 6.07) is 52.6. The van der Waals surface area contributed by atoms with Crippen LogP contribution in [0.15, 0.2) is 152 Å². The van der Waals surface area contributed by atoms with Crippen LogP contribution in [0.5, 0.6) is 5.75 Å². The minimum Gasteiger partial charge on any atom is -0.507 e.